The number of carbonyl (C=O) groups excluding carboxylic acids is 1. The summed E-state index contributed by atoms with van der Waals surface area (Å²) in [4.78, 5) is 20.3. The Kier molecular flexibility index (Phi) is 3.61. The normalized spacial score (nSPS) is 10.5. The fourth-order valence-electron chi connectivity index (χ4n) is 1.52. The van der Waals surface area contributed by atoms with E-state index in [2.05, 4.69) is 9.97 Å². The minimum Gasteiger partial charge on any atom is -0.325 e. The van der Waals surface area contributed by atoms with Crippen molar-refractivity contribution >= 4 is 17.1 Å². The van der Waals surface area contributed by atoms with Gasteiger partial charge in [0.2, 0.25) is 0 Å². The number of pyridine rings is 1. The van der Waals surface area contributed by atoms with Crippen molar-refractivity contribution in [1.29, 1.82) is 0 Å². The van der Waals surface area contributed by atoms with Crippen LogP contribution < -0.4 is 5.73 Å². The third-order valence-corrected chi connectivity index (χ3v) is 3.18. The van der Waals surface area contributed by atoms with E-state index in [1.165, 1.54) is 0 Å². The Morgan fingerprint density at radius 3 is 2.94 bits per heavy atom. The first-order valence-corrected chi connectivity index (χ1v) is 6.16. The molecule has 2 rings (SSSR count). The van der Waals surface area contributed by atoms with E-state index in [1.807, 2.05) is 12.3 Å². The van der Waals surface area contributed by atoms with Crippen molar-refractivity contribution in [2.75, 3.05) is 0 Å². The van der Waals surface area contributed by atoms with Gasteiger partial charge in [-0.3, -0.25) is 9.78 Å². The summed E-state index contributed by atoms with van der Waals surface area (Å²) in [7, 11) is 0. The molecule has 0 radical (unpaired) electrons. The summed E-state index contributed by atoms with van der Waals surface area (Å²) in [5.41, 5.74) is 7.68. The Labute approximate surface area is 104 Å². The highest BCUT2D eigenvalue weighted by Gasteiger charge is 2.09. The van der Waals surface area contributed by atoms with E-state index in [1.54, 1.807) is 29.7 Å². The topological polar surface area (TPSA) is 68.9 Å². The molecule has 0 amide bonds. The number of thiazole rings is 1. The first-order valence-electron chi connectivity index (χ1n) is 5.28. The minimum atomic E-state index is 0.0485. The van der Waals surface area contributed by atoms with E-state index in [0.29, 0.717) is 18.5 Å². The summed E-state index contributed by atoms with van der Waals surface area (Å²) in [5.74, 6) is 0.0485. The zero-order chi connectivity index (χ0) is 12.3. The Morgan fingerprint density at radius 1 is 1.47 bits per heavy atom. The fourth-order valence-corrected chi connectivity index (χ4v) is 2.13. The van der Waals surface area contributed by atoms with E-state index in [9.17, 15) is 4.79 Å². The maximum absolute atomic E-state index is 12.0. The van der Waals surface area contributed by atoms with Crippen LogP contribution in [0.25, 0.3) is 0 Å². The fraction of sp³-hybridized carbons (Fsp3) is 0.250. The Morgan fingerprint density at radius 2 is 2.29 bits per heavy atom. The predicted molar refractivity (Wildman–Crippen MR) is 67.0 cm³/mol. The van der Waals surface area contributed by atoms with Crippen LogP contribution in [-0.2, 0) is 13.0 Å². The quantitative estimate of drug-likeness (QED) is 0.835. The third-order valence-electron chi connectivity index (χ3n) is 2.36. The van der Waals surface area contributed by atoms with Crippen LogP contribution in [0.4, 0.5) is 0 Å². The second-order valence-electron chi connectivity index (χ2n) is 3.70. The molecule has 0 atom stereocenters. The van der Waals surface area contributed by atoms with Gasteiger partial charge < -0.3 is 5.73 Å². The number of nitrogens with two attached hydrogens (primary N) is 1. The smallest absolute Gasteiger partial charge is 0.168 e. The molecule has 0 aliphatic rings. The largest absolute Gasteiger partial charge is 0.325 e. The van der Waals surface area contributed by atoms with E-state index in [4.69, 9.17) is 5.73 Å². The highest BCUT2D eigenvalue weighted by atomic mass is 32.1. The Balaban J connectivity index is 2.14. The van der Waals surface area contributed by atoms with Crippen LogP contribution in [0.1, 0.15) is 26.8 Å². The lowest BCUT2D eigenvalue weighted by molar-refractivity contribution is 0.0992. The van der Waals surface area contributed by atoms with E-state index < -0.39 is 0 Å². The molecule has 2 heterocycles. The molecule has 0 spiro atoms. The molecule has 2 N–H and O–H groups in total. The van der Waals surface area contributed by atoms with Gasteiger partial charge in [-0.15, -0.1) is 11.3 Å². The number of rotatable bonds is 4. The number of nitrogens with zero attached hydrogens (tertiary/aromatic N) is 2. The lowest BCUT2D eigenvalue weighted by Crippen LogP contribution is -2.07. The van der Waals surface area contributed by atoms with Gasteiger partial charge in [0.05, 0.1) is 22.8 Å². The third kappa shape index (κ3) is 2.95. The number of aryl methyl sites for hydroxylation is 1. The summed E-state index contributed by atoms with van der Waals surface area (Å²) in [6.45, 7) is 2.27. The van der Waals surface area contributed by atoms with Crippen molar-refractivity contribution in [3.8, 4) is 0 Å². The second-order valence-corrected chi connectivity index (χ2v) is 4.76. The van der Waals surface area contributed by atoms with Gasteiger partial charge in [0.25, 0.3) is 0 Å². The van der Waals surface area contributed by atoms with Crippen LogP contribution in [0.15, 0.2) is 23.7 Å². The molecule has 0 aliphatic carbocycles. The molecule has 0 fully saturated rings. The average Bonchev–Trinajstić information content (AvgIpc) is 2.75. The van der Waals surface area contributed by atoms with Crippen molar-refractivity contribution in [1.82, 2.24) is 9.97 Å². The maximum atomic E-state index is 12.0. The van der Waals surface area contributed by atoms with Crippen molar-refractivity contribution in [3.63, 3.8) is 0 Å². The van der Waals surface area contributed by atoms with Crippen molar-refractivity contribution < 1.29 is 4.79 Å². The number of ketones is 1. The van der Waals surface area contributed by atoms with E-state index in [-0.39, 0.29) is 5.78 Å². The molecule has 0 aromatic carbocycles. The van der Waals surface area contributed by atoms with Gasteiger partial charge in [0.1, 0.15) is 0 Å². The summed E-state index contributed by atoms with van der Waals surface area (Å²) >= 11 is 1.55. The number of hydrogen-bond donors (Lipinski definition) is 1. The van der Waals surface area contributed by atoms with Crippen LogP contribution in [-0.4, -0.2) is 15.8 Å². The molecule has 17 heavy (non-hydrogen) atoms. The highest BCUT2D eigenvalue weighted by molar-refractivity contribution is 7.09. The monoisotopic (exact) mass is 247 g/mol. The molecule has 0 saturated carbocycles. The van der Waals surface area contributed by atoms with Gasteiger partial charge in [-0.25, -0.2) is 4.98 Å². The predicted octanol–water partition coefficient (Wildman–Crippen LogP) is 1.73. The molecular weight excluding hydrogens is 234 g/mol. The van der Waals surface area contributed by atoms with Crippen LogP contribution in [0.5, 0.6) is 0 Å². The van der Waals surface area contributed by atoms with E-state index >= 15 is 0 Å². The SMILES string of the molecule is Cc1nc(CC(=O)c2ccnc(CN)c2)cs1. The molecule has 0 saturated heterocycles. The van der Waals surface area contributed by atoms with Crippen LogP contribution in [0, 0.1) is 6.92 Å². The maximum Gasteiger partial charge on any atom is 0.168 e. The Hall–Kier alpha value is -1.59. The first kappa shape index (κ1) is 11.9. The molecule has 2 aromatic rings. The molecule has 4 nitrogen and oxygen atoms in total. The summed E-state index contributed by atoms with van der Waals surface area (Å²) in [6.07, 6.45) is 1.94. The van der Waals surface area contributed by atoms with Crippen LogP contribution in [0.2, 0.25) is 0 Å². The van der Waals surface area contributed by atoms with Gasteiger partial charge in [0.15, 0.2) is 5.78 Å². The van der Waals surface area contributed by atoms with Gasteiger partial charge in [-0.2, -0.15) is 0 Å². The lowest BCUT2D eigenvalue weighted by atomic mass is 10.1. The molecular formula is C12H13N3OS. The molecule has 0 bridgehead atoms. The first-order chi connectivity index (χ1) is 8.19. The van der Waals surface area contributed by atoms with Crippen LogP contribution >= 0.6 is 11.3 Å². The number of carbonyl (C=O) groups is 1. The van der Waals surface area contributed by atoms with Gasteiger partial charge in [-0.1, -0.05) is 0 Å². The summed E-state index contributed by atoms with van der Waals surface area (Å²) < 4.78 is 0. The standard InChI is InChI=1S/C12H13N3OS/c1-8-15-11(7-17-8)5-12(16)9-2-3-14-10(4-9)6-13/h2-4,7H,5-6,13H2,1H3. The Bertz CT molecular complexity index is 536. The minimum absolute atomic E-state index is 0.0485. The molecule has 0 unspecified atom stereocenters. The average molecular weight is 247 g/mol. The van der Waals surface area contributed by atoms with E-state index in [0.717, 1.165) is 16.4 Å². The number of aromatic nitrogens is 2. The zero-order valence-electron chi connectivity index (χ0n) is 9.51. The van der Waals surface area contributed by atoms with Gasteiger partial charge in [-0.05, 0) is 19.1 Å². The molecule has 88 valence electrons. The number of Topliss-reactive ketones (excluding diaryl/α,β-unsaturated/α-hetero) is 1. The zero-order valence-corrected chi connectivity index (χ0v) is 10.3. The van der Waals surface area contributed by atoms with Gasteiger partial charge in [0, 0.05) is 23.7 Å². The van der Waals surface area contributed by atoms with Crippen molar-refractivity contribution in [2.45, 2.75) is 19.9 Å². The molecule has 5 heteroatoms. The second kappa shape index (κ2) is 5.16. The lowest BCUT2D eigenvalue weighted by Gasteiger charge is -2.01. The number of hydrogen-bond acceptors (Lipinski definition) is 5. The molecule has 0 aliphatic heterocycles. The summed E-state index contributed by atoms with van der Waals surface area (Å²) in [6, 6.07) is 3.45. The van der Waals surface area contributed by atoms with Crippen molar-refractivity contribution in [3.05, 3.63) is 45.7 Å². The summed E-state index contributed by atoms with van der Waals surface area (Å²) in [5, 5.41) is 2.89. The molecule has 2 aromatic heterocycles. The van der Waals surface area contributed by atoms with Crippen LogP contribution in [0.3, 0.4) is 0 Å². The van der Waals surface area contributed by atoms with Crippen molar-refractivity contribution in [2.24, 2.45) is 5.73 Å². The van der Waals surface area contributed by atoms with Gasteiger partial charge >= 0.3 is 0 Å². The highest BCUT2D eigenvalue weighted by Crippen LogP contribution is 2.11.